The molecule has 0 amide bonds. The van der Waals surface area contributed by atoms with Crippen LogP contribution in [0.15, 0.2) is 12.2 Å². The lowest BCUT2D eigenvalue weighted by atomic mass is 10.4. The molecule has 0 saturated carbocycles. The third-order valence-corrected chi connectivity index (χ3v) is 2.25. The van der Waals surface area contributed by atoms with Gasteiger partial charge >= 0.3 is 0 Å². The monoisotopic (exact) mass is 82.0 g/mol. The van der Waals surface area contributed by atoms with E-state index in [4.69, 9.17) is 0 Å². The van der Waals surface area contributed by atoms with Crippen LogP contribution in [0.25, 0.3) is 0 Å². The third kappa shape index (κ3) is 0.427. The van der Waals surface area contributed by atoms with Crippen LogP contribution in [0.5, 0.6) is 0 Å². The fraction of sp³-hybridized carbons (Fsp3) is 0.500. The van der Waals surface area contributed by atoms with Gasteiger partial charge in [0.25, 0.3) is 0 Å². The van der Waals surface area contributed by atoms with Crippen LogP contribution in [0.3, 0.4) is 0 Å². The standard InChI is InChI=1S/C4H6Si/c1-4-2-5-3-4/h1-3H2. The summed E-state index contributed by atoms with van der Waals surface area (Å²) in [5, 5.41) is 0. The highest BCUT2D eigenvalue weighted by molar-refractivity contribution is 6.42. The van der Waals surface area contributed by atoms with E-state index in [1.807, 2.05) is 0 Å². The number of hydrogen-bond donors (Lipinski definition) is 0. The Morgan fingerprint density at radius 1 is 1.60 bits per heavy atom. The molecule has 1 aliphatic heterocycles. The smallest absolute Gasteiger partial charge is 0.0468 e. The van der Waals surface area contributed by atoms with E-state index < -0.39 is 0 Å². The molecule has 0 atom stereocenters. The van der Waals surface area contributed by atoms with E-state index >= 15 is 0 Å². The van der Waals surface area contributed by atoms with Crippen LogP contribution >= 0.6 is 0 Å². The normalized spacial score (nSPS) is 22.0. The van der Waals surface area contributed by atoms with E-state index in [1.165, 1.54) is 27.2 Å². The number of hydrogen-bond acceptors (Lipinski definition) is 0. The maximum Gasteiger partial charge on any atom is 0.0468 e. The first-order valence-electron chi connectivity index (χ1n) is 1.77. The average molecular weight is 82.2 g/mol. The Labute approximate surface area is 34.7 Å². The fourth-order valence-electron chi connectivity index (χ4n) is 0.302. The Bertz CT molecular complexity index is 50.7. The summed E-state index contributed by atoms with van der Waals surface area (Å²) in [6.07, 6.45) is 0. The van der Waals surface area contributed by atoms with Gasteiger partial charge in [-0.3, -0.25) is 0 Å². The Kier molecular flexibility index (Phi) is 0.616. The maximum absolute atomic E-state index is 3.77. The number of rotatable bonds is 0. The molecule has 0 aliphatic carbocycles. The Balaban J connectivity index is 2.32. The van der Waals surface area contributed by atoms with Gasteiger partial charge in [0.2, 0.25) is 0 Å². The third-order valence-electron chi connectivity index (χ3n) is 0.750. The van der Waals surface area contributed by atoms with E-state index in [2.05, 4.69) is 6.58 Å². The summed E-state index contributed by atoms with van der Waals surface area (Å²) in [5.74, 6) is 0. The summed E-state index contributed by atoms with van der Waals surface area (Å²) in [7, 11) is 1.20. The van der Waals surface area contributed by atoms with Crippen LogP contribution in [0.1, 0.15) is 0 Å². The van der Waals surface area contributed by atoms with Crippen molar-refractivity contribution in [2.75, 3.05) is 0 Å². The van der Waals surface area contributed by atoms with E-state index in [0.717, 1.165) is 0 Å². The maximum atomic E-state index is 3.77. The second kappa shape index (κ2) is 0.975. The van der Waals surface area contributed by atoms with E-state index in [0.29, 0.717) is 0 Å². The van der Waals surface area contributed by atoms with Crippen molar-refractivity contribution in [1.29, 1.82) is 0 Å². The van der Waals surface area contributed by atoms with Crippen molar-refractivity contribution in [2.24, 2.45) is 0 Å². The average Bonchev–Trinajstić information content (AvgIpc) is 1.30. The second-order valence-electron chi connectivity index (χ2n) is 1.35. The molecule has 0 aromatic heterocycles. The van der Waals surface area contributed by atoms with Gasteiger partial charge < -0.3 is 0 Å². The molecule has 5 heavy (non-hydrogen) atoms. The zero-order valence-corrected chi connectivity index (χ0v) is 4.12. The zero-order chi connectivity index (χ0) is 3.70. The van der Waals surface area contributed by atoms with Crippen LogP contribution in [-0.2, 0) is 0 Å². The van der Waals surface area contributed by atoms with Crippen molar-refractivity contribution in [2.45, 2.75) is 12.1 Å². The molecule has 0 bridgehead atoms. The highest BCUT2D eigenvalue weighted by Gasteiger charge is 2.03. The number of allylic oxidation sites excluding steroid dienone is 1. The van der Waals surface area contributed by atoms with Crippen LogP contribution in [-0.4, -0.2) is 9.52 Å². The van der Waals surface area contributed by atoms with Gasteiger partial charge in [-0.05, 0) is 12.1 Å². The van der Waals surface area contributed by atoms with Crippen LogP contribution < -0.4 is 0 Å². The van der Waals surface area contributed by atoms with Gasteiger partial charge in [0, 0.05) is 9.52 Å². The molecule has 1 heteroatoms. The van der Waals surface area contributed by atoms with Crippen molar-refractivity contribution < 1.29 is 0 Å². The fourth-order valence-corrected chi connectivity index (χ4v) is 0.905. The van der Waals surface area contributed by atoms with Crippen LogP contribution in [0.4, 0.5) is 0 Å². The molecule has 1 rings (SSSR count). The van der Waals surface area contributed by atoms with Gasteiger partial charge in [-0.15, -0.1) is 6.58 Å². The molecule has 2 radical (unpaired) electrons. The molecule has 1 aliphatic rings. The molecule has 0 N–H and O–H groups in total. The molecule has 26 valence electrons. The summed E-state index contributed by atoms with van der Waals surface area (Å²) in [6.45, 7) is 3.77. The van der Waals surface area contributed by atoms with Gasteiger partial charge in [-0.25, -0.2) is 0 Å². The Morgan fingerprint density at radius 2 is 2.00 bits per heavy atom. The van der Waals surface area contributed by atoms with Crippen LogP contribution in [0.2, 0.25) is 12.1 Å². The molecular formula is C4H6Si. The van der Waals surface area contributed by atoms with E-state index in [9.17, 15) is 0 Å². The van der Waals surface area contributed by atoms with Crippen molar-refractivity contribution in [1.82, 2.24) is 0 Å². The molecule has 0 aromatic carbocycles. The van der Waals surface area contributed by atoms with Crippen molar-refractivity contribution in [3.8, 4) is 0 Å². The van der Waals surface area contributed by atoms with Gasteiger partial charge in [-0.2, -0.15) is 0 Å². The zero-order valence-electron chi connectivity index (χ0n) is 3.12. The SMILES string of the molecule is C=C1C[Si]C1. The van der Waals surface area contributed by atoms with Gasteiger partial charge in [-0.1, -0.05) is 5.57 Å². The summed E-state index contributed by atoms with van der Waals surface area (Å²) >= 11 is 0. The molecule has 1 heterocycles. The summed E-state index contributed by atoms with van der Waals surface area (Å²) in [5.41, 5.74) is 1.45. The van der Waals surface area contributed by atoms with Crippen molar-refractivity contribution >= 4 is 9.52 Å². The van der Waals surface area contributed by atoms with E-state index in [-0.39, 0.29) is 0 Å². The van der Waals surface area contributed by atoms with Crippen LogP contribution in [0, 0.1) is 0 Å². The lowest BCUT2D eigenvalue weighted by Gasteiger charge is -2.10. The van der Waals surface area contributed by atoms with E-state index in [1.54, 1.807) is 0 Å². The molecule has 0 aromatic rings. The van der Waals surface area contributed by atoms with Crippen molar-refractivity contribution in [3.63, 3.8) is 0 Å². The molecule has 0 spiro atoms. The topological polar surface area (TPSA) is 0 Å². The first-order chi connectivity index (χ1) is 2.39. The minimum Gasteiger partial charge on any atom is -0.100 e. The predicted molar refractivity (Wildman–Crippen MR) is 24.5 cm³/mol. The highest BCUT2D eigenvalue weighted by Crippen LogP contribution is 2.15. The molecule has 0 unspecified atom stereocenters. The highest BCUT2D eigenvalue weighted by atomic mass is 28.2. The Morgan fingerprint density at radius 3 is 2.00 bits per heavy atom. The lowest BCUT2D eigenvalue weighted by molar-refractivity contribution is 1.26. The van der Waals surface area contributed by atoms with Gasteiger partial charge in [0.1, 0.15) is 0 Å². The molecule has 0 nitrogen and oxygen atoms in total. The second-order valence-corrected chi connectivity index (χ2v) is 2.56. The largest absolute Gasteiger partial charge is 0.100 e. The summed E-state index contributed by atoms with van der Waals surface area (Å²) < 4.78 is 0. The Hall–Kier alpha value is -0.0431. The molecule has 1 fully saturated rings. The first-order valence-corrected chi connectivity index (χ1v) is 3.18. The summed E-state index contributed by atoms with van der Waals surface area (Å²) in [4.78, 5) is 0. The first kappa shape index (κ1) is 3.16. The summed E-state index contributed by atoms with van der Waals surface area (Å²) in [6, 6.07) is 2.64. The molecular weight excluding hydrogens is 76.1 g/mol. The van der Waals surface area contributed by atoms with Crippen molar-refractivity contribution in [3.05, 3.63) is 12.2 Å². The van der Waals surface area contributed by atoms with Gasteiger partial charge in [0.15, 0.2) is 0 Å². The lowest BCUT2D eigenvalue weighted by Crippen LogP contribution is -2.02. The predicted octanol–water partition coefficient (Wildman–Crippen LogP) is 1.10. The van der Waals surface area contributed by atoms with Gasteiger partial charge in [0.05, 0.1) is 0 Å². The molecule has 1 saturated heterocycles. The minimum absolute atomic E-state index is 1.20. The quantitative estimate of drug-likeness (QED) is 0.303. The minimum atomic E-state index is 1.20.